The van der Waals surface area contributed by atoms with E-state index in [1.54, 1.807) is 39.3 Å². The molecule has 0 radical (unpaired) electrons. The van der Waals surface area contributed by atoms with Crippen molar-refractivity contribution in [2.45, 2.75) is 17.4 Å². The quantitative estimate of drug-likeness (QED) is 0.618. The number of aromatic nitrogens is 2. The predicted octanol–water partition coefficient (Wildman–Crippen LogP) is 3.87. The van der Waals surface area contributed by atoms with Crippen molar-refractivity contribution >= 4 is 23.4 Å². The Morgan fingerprint density at radius 2 is 1.81 bits per heavy atom. The van der Waals surface area contributed by atoms with Crippen LogP contribution in [0.1, 0.15) is 6.92 Å². The zero-order valence-electron chi connectivity index (χ0n) is 15.1. The predicted molar refractivity (Wildman–Crippen MR) is 103 cm³/mol. The van der Waals surface area contributed by atoms with Gasteiger partial charge in [0.05, 0.1) is 19.5 Å². The molecule has 1 heterocycles. The molecule has 1 aromatic heterocycles. The van der Waals surface area contributed by atoms with Crippen molar-refractivity contribution in [1.82, 2.24) is 10.2 Å². The topological polar surface area (TPSA) is 86.5 Å². The first-order chi connectivity index (χ1) is 13.1. The Morgan fingerprint density at radius 3 is 2.52 bits per heavy atom. The maximum atomic E-state index is 12.5. The van der Waals surface area contributed by atoms with Gasteiger partial charge in [-0.05, 0) is 31.2 Å². The van der Waals surface area contributed by atoms with Crippen molar-refractivity contribution in [2.24, 2.45) is 0 Å². The number of ether oxygens (including phenoxy) is 2. The van der Waals surface area contributed by atoms with Crippen LogP contribution in [0.15, 0.2) is 58.2 Å². The van der Waals surface area contributed by atoms with Gasteiger partial charge in [0.15, 0.2) is 11.5 Å². The fraction of sp³-hybridized carbons (Fsp3) is 0.211. The van der Waals surface area contributed by atoms with Crippen molar-refractivity contribution in [2.75, 3.05) is 19.5 Å². The maximum absolute atomic E-state index is 12.5. The second-order valence-corrected chi connectivity index (χ2v) is 6.85. The molecule has 140 valence electrons. The fourth-order valence-corrected chi connectivity index (χ4v) is 3.00. The van der Waals surface area contributed by atoms with E-state index >= 15 is 0 Å². The number of hydrogen-bond acceptors (Lipinski definition) is 7. The second kappa shape index (κ2) is 8.59. The summed E-state index contributed by atoms with van der Waals surface area (Å²) in [6.07, 6.45) is 0. The molecule has 0 unspecified atom stereocenters. The molecule has 3 aromatic rings. The van der Waals surface area contributed by atoms with E-state index in [0.717, 1.165) is 5.56 Å². The van der Waals surface area contributed by atoms with Gasteiger partial charge < -0.3 is 19.2 Å². The Kier molecular flexibility index (Phi) is 5.97. The lowest BCUT2D eigenvalue weighted by atomic mass is 10.2. The highest BCUT2D eigenvalue weighted by Gasteiger charge is 2.19. The third-order valence-corrected chi connectivity index (χ3v) is 4.66. The molecular weight excluding hydrogens is 366 g/mol. The molecule has 2 aromatic carbocycles. The van der Waals surface area contributed by atoms with Crippen LogP contribution in [0.3, 0.4) is 0 Å². The molecule has 0 aliphatic heterocycles. The molecule has 1 atom stereocenters. The molecule has 0 fully saturated rings. The van der Waals surface area contributed by atoms with Crippen LogP contribution in [-0.4, -0.2) is 35.6 Å². The molecule has 1 amide bonds. The lowest BCUT2D eigenvalue weighted by Gasteiger charge is -2.12. The molecule has 0 aliphatic rings. The van der Waals surface area contributed by atoms with Crippen LogP contribution in [0.25, 0.3) is 11.5 Å². The minimum Gasteiger partial charge on any atom is -0.493 e. The van der Waals surface area contributed by atoms with Gasteiger partial charge in [-0.2, -0.15) is 0 Å². The summed E-state index contributed by atoms with van der Waals surface area (Å²) in [6.45, 7) is 1.77. The molecule has 0 bridgehead atoms. The number of nitrogens with one attached hydrogen (secondary N) is 1. The number of methoxy groups -OCH3 is 2. The molecule has 7 nitrogen and oxygen atoms in total. The molecule has 27 heavy (non-hydrogen) atoms. The van der Waals surface area contributed by atoms with E-state index in [2.05, 4.69) is 15.5 Å². The fourth-order valence-electron chi connectivity index (χ4n) is 2.32. The van der Waals surface area contributed by atoms with E-state index < -0.39 is 5.25 Å². The third-order valence-electron chi connectivity index (χ3n) is 3.73. The highest BCUT2D eigenvalue weighted by Crippen LogP contribution is 2.31. The normalized spacial score (nSPS) is 11.7. The van der Waals surface area contributed by atoms with Crippen LogP contribution in [0.5, 0.6) is 11.5 Å². The lowest BCUT2D eigenvalue weighted by Crippen LogP contribution is -2.22. The van der Waals surface area contributed by atoms with Gasteiger partial charge in [0.1, 0.15) is 0 Å². The van der Waals surface area contributed by atoms with Crippen molar-refractivity contribution in [3.05, 3.63) is 48.5 Å². The van der Waals surface area contributed by atoms with E-state index in [9.17, 15) is 4.79 Å². The summed E-state index contributed by atoms with van der Waals surface area (Å²) in [6, 6.07) is 14.7. The summed E-state index contributed by atoms with van der Waals surface area (Å²) >= 11 is 1.20. The molecule has 1 N–H and O–H groups in total. The highest BCUT2D eigenvalue weighted by molar-refractivity contribution is 8.00. The number of anilines is 1. The molecule has 0 spiro atoms. The van der Waals surface area contributed by atoms with Gasteiger partial charge in [-0.15, -0.1) is 10.2 Å². The summed E-state index contributed by atoms with van der Waals surface area (Å²) < 4.78 is 16.1. The Hall–Kier alpha value is -3.00. The Labute approximate surface area is 161 Å². The number of hydrogen-bond donors (Lipinski definition) is 1. The molecule has 0 aliphatic carbocycles. The largest absolute Gasteiger partial charge is 0.493 e. The van der Waals surface area contributed by atoms with Gasteiger partial charge in [0, 0.05) is 17.3 Å². The first kappa shape index (κ1) is 18.8. The summed E-state index contributed by atoms with van der Waals surface area (Å²) in [5.74, 6) is 1.37. The molecular formula is C19H19N3O4S. The van der Waals surface area contributed by atoms with Crippen molar-refractivity contribution in [3.63, 3.8) is 0 Å². The monoisotopic (exact) mass is 385 g/mol. The number of carbonyl (C=O) groups is 1. The average molecular weight is 385 g/mol. The molecule has 0 saturated carbocycles. The first-order valence-corrected chi connectivity index (χ1v) is 9.07. The average Bonchev–Trinajstić information content (AvgIpc) is 3.17. The Bertz CT molecular complexity index is 914. The van der Waals surface area contributed by atoms with Crippen LogP contribution in [0.4, 0.5) is 5.69 Å². The second-order valence-electron chi connectivity index (χ2n) is 5.56. The maximum Gasteiger partial charge on any atom is 0.277 e. The number of carbonyl (C=O) groups excluding carboxylic acids is 1. The summed E-state index contributed by atoms with van der Waals surface area (Å²) in [7, 11) is 3.10. The van der Waals surface area contributed by atoms with E-state index in [-0.39, 0.29) is 5.91 Å². The van der Waals surface area contributed by atoms with Crippen LogP contribution >= 0.6 is 11.8 Å². The third kappa shape index (κ3) is 4.59. The highest BCUT2D eigenvalue weighted by atomic mass is 32.2. The van der Waals surface area contributed by atoms with Crippen LogP contribution in [-0.2, 0) is 4.79 Å². The van der Waals surface area contributed by atoms with Gasteiger partial charge in [-0.1, -0.05) is 30.0 Å². The van der Waals surface area contributed by atoms with Gasteiger partial charge in [0.2, 0.25) is 11.8 Å². The van der Waals surface area contributed by atoms with E-state index in [4.69, 9.17) is 13.9 Å². The number of thioether (sulfide) groups is 1. The van der Waals surface area contributed by atoms with Gasteiger partial charge >= 0.3 is 0 Å². The van der Waals surface area contributed by atoms with E-state index in [1.807, 2.05) is 30.3 Å². The number of rotatable bonds is 7. The number of nitrogens with zero attached hydrogens (tertiary/aromatic N) is 2. The SMILES string of the molecule is COc1ccc(NC(=O)[C@@H](C)Sc2nnc(-c3ccccc3)o2)cc1OC. The van der Waals surface area contributed by atoms with Crippen molar-refractivity contribution < 1.29 is 18.7 Å². The van der Waals surface area contributed by atoms with Gasteiger partial charge in [-0.3, -0.25) is 4.79 Å². The van der Waals surface area contributed by atoms with E-state index in [1.165, 1.54) is 11.8 Å². The zero-order valence-corrected chi connectivity index (χ0v) is 15.9. The summed E-state index contributed by atoms with van der Waals surface area (Å²) in [5.41, 5.74) is 1.44. The van der Waals surface area contributed by atoms with Crippen LogP contribution < -0.4 is 14.8 Å². The molecule has 0 saturated heterocycles. The smallest absolute Gasteiger partial charge is 0.277 e. The first-order valence-electron chi connectivity index (χ1n) is 8.19. The van der Waals surface area contributed by atoms with Crippen LogP contribution in [0.2, 0.25) is 0 Å². The van der Waals surface area contributed by atoms with Crippen LogP contribution in [0, 0.1) is 0 Å². The van der Waals surface area contributed by atoms with E-state index in [0.29, 0.717) is 28.3 Å². The Balaban J connectivity index is 1.64. The minimum atomic E-state index is -0.429. The zero-order chi connectivity index (χ0) is 19.2. The molecule has 3 rings (SSSR count). The summed E-state index contributed by atoms with van der Waals surface area (Å²) in [5, 5.41) is 10.8. The van der Waals surface area contributed by atoms with Gasteiger partial charge in [0.25, 0.3) is 5.22 Å². The lowest BCUT2D eigenvalue weighted by molar-refractivity contribution is -0.115. The molecule has 8 heteroatoms. The minimum absolute atomic E-state index is 0.188. The van der Waals surface area contributed by atoms with Crippen molar-refractivity contribution in [3.8, 4) is 23.0 Å². The summed E-state index contributed by atoms with van der Waals surface area (Å²) in [4.78, 5) is 12.5. The number of amides is 1. The Morgan fingerprint density at radius 1 is 1.07 bits per heavy atom. The number of benzene rings is 2. The van der Waals surface area contributed by atoms with Crippen molar-refractivity contribution in [1.29, 1.82) is 0 Å². The van der Waals surface area contributed by atoms with Gasteiger partial charge in [-0.25, -0.2) is 0 Å². The standard InChI is InChI=1S/C19H19N3O4S/c1-12(17(23)20-14-9-10-15(24-2)16(11-14)25-3)27-19-22-21-18(26-19)13-7-5-4-6-8-13/h4-12H,1-3H3,(H,20,23)/t12-/m1/s1.